The Hall–Kier alpha value is -5.58. The number of nitro groups is 1. The topological polar surface area (TPSA) is 145 Å². The Kier molecular flexibility index (Phi) is 12.2. The van der Waals surface area contributed by atoms with E-state index in [0.717, 1.165) is 31.2 Å². The third-order valence-electron chi connectivity index (χ3n) is 8.97. The lowest BCUT2D eigenvalue weighted by Crippen LogP contribution is -2.70. The first kappa shape index (κ1) is 45.1. The number of fused-ring (bicyclic) bond motifs is 1. The summed E-state index contributed by atoms with van der Waals surface area (Å²) < 4.78 is 186. The van der Waals surface area contributed by atoms with Gasteiger partial charge in [0.2, 0.25) is 0 Å². The van der Waals surface area contributed by atoms with Crippen molar-refractivity contribution < 1.29 is 90.7 Å². The van der Waals surface area contributed by atoms with E-state index in [2.05, 4.69) is 4.99 Å². The molecule has 0 aromatic heterocycles. The first-order valence-corrected chi connectivity index (χ1v) is 16.4. The summed E-state index contributed by atoms with van der Waals surface area (Å²) in [5.74, 6) is -46.1. The SMILES string of the molecule is CCOC(=O)C1C(CN2C(=O)c3ccccc3C2=O)=NC(C)=C(C(=O)OCCCC(F)(F)C(F)(F)C(F)(F)C(F)(F)C(F)(F)C(F)(F)F)C1c1cccc([N+](=O)[O-])c1. The van der Waals surface area contributed by atoms with Crippen LogP contribution in [0.1, 0.15) is 58.9 Å². The fraction of sp³-hybridized carbons (Fsp3) is 0.441. The van der Waals surface area contributed by atoms with Crippen LogP contribution in [0, 0.1) is 16.0 Å². The number of amides is 2. The number of benzene rings is 2. The molecule has 2 aliphatic rings. The summed E-state index contributed by atoms with van der Waals surface area (Å²) in [7, 11) is 0. The van der Waals surface area contributed by atoms with E-state index in [1.807, 2.05) is 0 Å². The molecule has 0 aliphatic carbocycles. The van der Waals surface area contributed by atoms with Crippen LogP contribution in [0.25, 0.3) is 0 Å². The van der Waals surface area contributed by atoms with Crippen molar-refractivity contribution in [3.8, 4) is 0 Å². The minimum Gasteiger partial charge on any atom is -0.465 e. The molecule has 11 nitrogen and oxygen atoms in total. The van der Waals surface area contributed by atoms with Gasteiger partial charge in [0.15, 0.2) is 0 Å². The number of non-ortho nitro benzene ring substituents is 1. The molecule has 2 atom stereocenters. The van der Waals surface area contributed by atoms with E-state index >= 15 is 0 Å². The summed E-state index contributed by atoms with van der Waals surface area (Å²) >= 11 is 0. The van der Waals surface area contributed by atoms with Gasteiger partial charge in [-0.15, -0.1) is 0 Å². The number of hydrogen-bond donors (Lipinski definition) is 0. The molecule has 2 aliphatic heterocycles. The molecular weight excluding hydrogens is 825 g/mol. The number of alkyl halides is 13. The van der Waals surface area contributed by atoms with Crippen molar-refractivity contribution in [3.63, 3.8) is 0 Å². The van der Waals surface area contributed by atoms with E-state index in [0.29, 0.717) is 4.90 Å². The number of esters is 2. The van der Waals surface area contributed by atoms with Crippen molar-refractivity contribution in [2.45, 2.75) is 68.4 Å². The maximum atomic E-state index is 14.4. The number of halogens is 13. The molecule has 0 bridgehead atoms. The molecule has 316 valence electrons. The monoisotopic (exact) mass is 851 g/mol. The van der Waals surface area contributed by atoms with Crippen molar-refractivity contribution in [1.82, 2.24) is 4.90 Å². The van der Waals surface area contributed by atoms with E-state index in [1.165, 1.54) is 31.2 Å². The number of imide groups is 1. The van der Waals surface area contributed by atoms with Crippen molar-refractivity contribution in [2.75, 3.05) is 19.8 Å². The van der Waals surface area contributed by atoms with Crippen LogP contribution in [-0.2, 0) is 19.1 Å². The highest BCUT2D eigenvalue weighted by atomic mass is 19.4. The zero-order valence-electron chi connectivity index (χ0n) is 29.3. The third kappa shape index (κ3) is 7.58. The molecule has 2 unspecified atom stereocenters. The summed E-state index contributed by atoms with van der Waals surface area (Å²) in [4.78, 5) is 69.2. The van der Waals surface area contributed by atoms with Crippen LogP contribution >= 0.6 is 0 Å². The highest BCUT2D eigenvalue weighted by Gasteiger charge is 2.90. The predicted octanol–water partition coefficient (Wildman–Crippen LogP) is 7.94. The Bertz CT molecular complexity index is 2030. The molecule has 2 amide bonds. The number of ether oxygens (including phenoxy) is 2. The molecule has 0 spiro atoms. The van der Waals surface area contributed by atoms with Gasteiger partial charge < -0.3 is 9.47 Å². The Labute approximate surface area is 316 Å². The number of carbonyl (C=O) groups is 4. The van der Waals surface area contributed by atoms with Crippen LogP contribution in [0.4, 0.5) is 62.8 Å². The number of hydrogen-bond acceptors (Lipinski definition) is 9. The first-order valence-electron chi connectivity index (χ1n) is 16.4. The van der Waals surface area contributed by atoms with Crippen molar-refractivity contribution in [1.29, 1.82) is 0 Å². The number of aliphatic imine (C=N–C) groups is 1. The van der Waals surface area contributed by atoms with E-state index in [4.69, 9.17) is 9.47 Å². The molecule has 0 N–H and O–H groups in total. The van der Waals surface area contributed by atoms with Gasteiger partial charge in [-0.1, -0.05) is 24.3 Å². The summed E-state index contributed by atoms with van der Waals surface area (Å²) in [5.41, 5.74) is -2.31. The molecule has 24 heteroatoms. The smallest absolute Gasteiger partial charge is 0.460 e. The number of rotatable bonds is 15. The van der Waals surface area contributed by atoms with E-state index in [1.54, 1.807) is 0 Å². The van der Waals surface area contributed by atoms with Crippen LogP contribution in [0.5, 0.6) is 0 Å². The van der Waals surface area contributed by atoms with Crippen LogP contribution in [0.15, 0.2) is 64.8 Å². The van der Waals surface area contributed by atoms with E-state index < -0.39 is 119 Å². The second-order valence-electron chi connectivity index (χ2n) is 12.6. The van der Waals surface area contributed by atoms with Gasteiger partial charge in [0.1, 0.15) is 5.92 Å². The quantitative estimate of drug-likeness (QED) is 0.0439. The maximum Gasteiger partial charge on any atom is 0.460 e. The number of nitro benzene ring substituents is 1. The molecule has 0 fully saturated rings. The van der Waals surface area contributed by atoms with Gasteiger partial charge in [-0.2, -0.15) is 57.1 Å². The fourth-order valence-corrected chi connectivity index (χ4v) is 6.07. The van der Waals surface area contributed by atoms with Gasteiger partial charge in [-0.3, -0.25) is 34.4 Å². The van der Waals surface area contributed by atoms with E-state index in [-0.39, 0.29) is 29.0 Å². The molecule has 58 heavy (non-hydrogen) atoms. The average Bonchev–Trinajstić information content (AvgIpc) is 3.36. The Morgan fingerprint density at radius 1 is 0.810 bits per heavy atom. The minimum absolute atomic E-state index is 0.0247. The fourth-order valence-electron chi connectivity index (χ4n) is 6.07. The number of carbonyl (C=O) groups excluding carboxylic acids is 4. The van der Waals surface area contributed by atoms with Gasteiger partial charge in [0.25, 0.3) is 17.5 Å². The molecular formula is C34H26F13N3O8. The maximum absolute atomic E-state index is 14.4. The highest BCUT2D eigenvalue weighted by molar-refractivity contribution is 6.23. The predicted molar refractivity (Wildman–Crippen MR) is 169 cm³/mol. The summed E-state index contributed by atoms with van der Waals surface area (Å²) in [6.07, 6.45) is -11.9. The molecule has 0 saturated carbocycles. The lowest BCUT2D eigenvalue weighted by Gasteiger charge is -2.39. The lowest BCUT2D eigenvalue weighted by molar-refractivity contribution is -0.440. The van der Waals surface area contributed by atoms with Crippen LogP contribution < -0.4 is 0 Å². The summed E-state index contributed by atoms with van der Waals surface area (Å²) in [6, 6.07) is 9.71. The van der Waals surface area contributed by atoms with E-state index in [9.17, 15) is 86.4 Å². The standard InChI is InChI=1S/C34H26F13N3O8/c1-3-57-28(54)24-21(15-49-25(51)19-10-4-5-11-20(19)26(49)52)48-16(2)22(23(24)17-8-6-9-18(14-17)50(55)56)27(53)58-13-7-12-29(35,36)30(37,38)31(39,40)32(41,42)33(43,44)34(45,46)47/h4-6,8-11,14,23-24H,3,7,12-13,15H2,1-2H3. The lowest BCUT2D eigenvalue weighted by atomic mass is 9.75. The number of nitrogens with zero attached hydrogens (tertiary/aromatic N) is 3. The number of allylic oxidation sites excluding steroid dienone is 1. The Morgan fingerprint density at radius 2 is 1.36 bits per heavy atom. The Morgan fingerprint density at radius 3 is 1.88 bits per heavy atom. The summed E-state index contributed by atoms with van der Waals surface area (Å²) in [6.45, 7) is -0.129. The molecule has 0 radical (unpaired) electrons. The van der Waals surface area contributed by atoms with Crippen molar-refractivity contribution in [2.24, 2.45) is 10.9 Å². The average molecular weight is 852 g/mol. The van der Waals surface area contributed by atoms with Gasteiger partial charge in [0.05, 0.1) is 47.1 Å². The van der Waals surface area contributed by atoms with Crippen molar-refractivity contribution >= 4 is 35.2 Å². The van der Waals surface area contributed by atoms with Gasteiger partial charge in [-0.05, 0) is 38.0 Å². The molecule has 2 aromatic rings. The third-order valence-corrected chi connectivity index (χ3v) is 8.97. The van der Waals surface area contributed by atoms with Gasteiger partial charge >= 0.3 is 47.7 Å². The minimum atomic E-state index is -8.10. The van der Waals surface area contributed by atoms with Crippen LogP contribution in [0.2, 0.25) is 0 Å². The van der Waals surface area contributed by atoms with Crippen LogP contribution in [-0.4, -0.2) is 94.8 Å². The first-order chi connectivity index (χ1) is 26.6. The highest BCUT2D eigenvalue weighted by Crippen LogP contribution is 2.60. The zero-order chi connectivity index (χ0) is 44.0. The van der Waals surface area contributed by atoms with Crippen LogP contribution in [0.3, 0.4) is 0 Å². The Balaban J connectivity index is 1.68. The van der Waals surface area contributed by atoms with Crippen molar-refractivity contribution in [3.05, 3.63) is 86.6 Å². The molecule has 2 aromatic carbocycles. The molecule has 0 saturated heterocycles. The summed E-state index contributed by atoms with van der Waals surface area (Å²) in [5, 5.41) is 11.7. The normalized spacial score (nSPS) is 18.3. The molecule has 2 heterocycles. The van der Waals surface area contributed by atoms with Gasteiger partial charge in [0, 0.05) is 30.2 Å². The second-order valence-corrected chi connectivity index (χ2v) is 12.6. The largest absolute Gasteiger partial charge is 0.465 e. The second kappa shape index (κ2) is 15.6. The zero-order valence-corrected chi connectivity index (χ0v) is 29.3. The molecule has 4 rings (SSSR count). The van der Waals surface area contributed by atoms with Gasteiger partial charge in [-0.25, -0.2) is 4.79 Å².